The Labute approximate surface area is 165 Å². The highest BCUT2D eigenvalue weighted by atomic mass is 32.2. The summed E-state index contributed by atoms with van der Waals surface area (Å²) in [6.07, 6.45) is 0.0919. The van der Waals surface area contributed by atoms with Crippen molar-refractivity contribution in [3.8, 4) is 0 Å². The molecule has 0 aliphatic carbocycles. The molecule has 2 rings (SSSR count). The monoisotopic (exact) mass is 409 g/mol. The Hall–Kier alpha value is -1.74. The Morgan fingerprint density at radius 1 is 1.19 bits per heavy atom. The van der Waals surface area contributed by atoms with E-state index in [1.807, 2.05) is 45.5 Å². The van der Waals surface area contributed by atoms with Crippen LogP contribution in [0.2, 0.25) is 0 Å². The van der Waals surface area contributed by atoms with E-state index in [9.17, 15) is 13.2 Å². The van der Waals surface area contributed by atoms with Crippen LogP contribution >= 0.6 is 11.3 Å². The maximum Gasteiger partial charge on any atom is 0.240 e. The second-order valence-corrected chi connectivity index (χ2v) is 9.44. The Morgan fingerprint density at radius 3 is 2.52 bits per heavy atom. The third-order valence-electron chi connectivity index (χ3n) is 4.42. The second kappa shape index (κ2) is 9.45. The number of aryl methyl sites for hydroxylation is 2. The van der Waals surface area contributed by atoms with Gasteiger partial charge in [0.05, 0.1) is 10.9 Å². The minimum Gasteiger partial charge on any atom is -0.354 e. The number of nitrogens with one attached hydrogen (secondary N) is 2. The zero-order valence-electron chi connectivity index (χ0n) is 16.2. The molecule has 148 valence electrons. The Morgan fingerprint density at radius 2 is 1.93 bits per heavy atom. The summed E-state index contributed by atoms with van der Waals surface area (Å²) in [5, 5.41) is 4.90. The van der Waals surface area contributed by atoms with Gasteiger partial charge in [0.25, 0.3) is 0 Å². The van der Waals surface area contributed by atoms with Crippen molar-refractivity contribution in [2.24, 2.45) is 0 Å². The molecule has 1 aromatic carbocycles. The Balaban J connectivity index is 1.83. The van der Waals surface area contributed by atoms with E-state index in [4.69, 9.17) is 0 Å². The zero-order chi connectivity index (χ0) is 20.0. The molecule has 8 heteroatoms. The molecule has 1 aromatic heterocycles. The second-order valence-electron chi connectivity index (χ2n) is 6.69. The van der Waals surface area contributed by atoms with E-state index in [0.29, 0.717) is 6.54 Å². The molecule has 2 aromatic rings. The molecule has 0 saturated carbocycles. The highest BCUT2D eigenvalue weighted by molar-refractivity contribution is 7.89. The first-order valence-electron chi connectivity index (χ1n) is 8.74. The molecular weight excluding hydrogens is 382 g/mol. The maximum atomic E-state index is 12.3. The van der Waals surface area contributed by atoms with Crippen LogP contribution < -0.4 is 10.0 Å². The number of carbonyl (C=O) groups is 1. The van der Waals surface area contributed by atoms with Gasteiger partial charge in [0, 0.05) is 24.4 Å². The fraction of sp³-hybridized carbons (Fsp3) is 0.421. The standard InChI is InChI=1S/C19H27N3O3S2/c1-14-7-8-16(12-15(14)2)27(24,25)21-10-9-19(23)20-13-17(22(3)4)18-6-5-11-26-18/h5-8,11-12,17,21H,9-10,13H2,1-4H3,(H,20,23)/t17-/m0/s1. The predicted octanol–water partition coefficient (Wildman–Crippen LogP) is 2.45. The number of thiophene rings is 1. The topological polar surface area (TPSA) is 78.5 Å². The van der Waals surface area contributed by atoms with E-state index < -0.39 is 10.0 Å². The maximum absolute atomic E-state index is 12.3. The van der Waals surface area contributed by atoms with Crippen molar-refractivity contribution in [3.63, 3.8) is 0 Å². The van der Waals surface area contributed by atoms with Gasteiger partial charge in [-0.1, -0.05) is 12.1 Å². The molecule has 0 aliphatic heterocycles. The number of carbonyl (C=O) groups excluding carboxylic acids is 1. The minimum absolute atomic E-state index is 0.0622. The highest BCUT2D eigenvalue weighted by Gasteiger charge is 2.17. The molecule has 1 heterocycles. The normalized spacial score (nSPS) is 12.9. The summed E-state index contributed by atoms with van der Waals surface area (Å²) >= 11 is 1.65. The van der Waals surface area contributed by atoms with Gasteiger partial charge in [0.1, 0.15) is 0 Å². The number of hydrogen-bond acceptors (Lipinski definition) is 5. The van der Waals surface area contributed by atoms with Crippen molar-refractivity contribution in [2.45, 2.75) is 31.2 Å². The fourth-order valence-electron chi connectivity index (χ4n) is 2.58. The molecular formula is C19H27N3O3S2. The smallest absolute Gasteiger partial charge is 0.240 e. The molecule has 0 spiro atoms. The summed E-state index contributed by atoms with van der Waals surface area (Å²) in [5.74, 6) is -0.179. The summed E-state index contributed by atoms with van der Waals surface area (Å²) in [7, 11) is 0.321. The molecule has 0 radical (unpaired) electrons. The molecule has 0 saturated heterocycles. The minimum atomic E-state index is -3.61. The lowest BCUT2D eigenvalue weighted by Crippen LogP contribution is -2.36. The summed E-state index contributed by atoms with van der Waals surface area (Å²) in [6.45, 7) is 4.35. The van der Waals surface area contributed by atoms with Gasteiger partial charge in [-0.05, 0) is 62.6 Å². The van der Waals surface area contributed by atoms with Crippen LogP contribution in [0, 0.1) is 13.8 Å². The van der Waals surface area contributed by atoms with Crippen molar-refractivity contribution >= 4 is 27.3 Å². The number of likely N-dealkylation sites (N-methyl/N-ethyl adjacent to an activating group) is 1. The van der Waals surface area contributed by atoms with Gasteiger partial charge in [-0.15, -0.1) is 11.3 Å². The van der Waals surface area contributed by atoms with E-state index in [1.54, 1.807) is 29.5 Å². The van der Waals surface area contributed by atoms with E-state index in [2.05, 4.69) is 14.9 Å². The quantitative estimate of drug-likeness (QED) is 0.667. The van der Waals surface area contributed by atoms with Crippen LogP contribution in [0.4, 0.5) is 0 Å². The molecule has 6 nitrogen and oxygen atoms in total. The summed E-state index contributed by atoms with van der Waals surface area (Å²) < 4.78 is 27.2. The SMILES string of the molecule is Cc1ccc(S(=O)(=O)NCCC(=O)NC[C@@H](c2cccs2)N(C)C)cc1C. The van der Waals surface area contributed by atoms with Crippen molar-refractivity contribution in [3.05, 3.63) is 51.7 Å². The van der Waals surface area contributed by atoms with Gasteiger partial charge in [-0.2, -0.15) is 0 Å². The number of amides is 1. The van der Waals surface area contributed by atoms with Gasteiger partial charge in [-0.3, -0.25) is 4.79 Å². The molecule has 27 heavy (non-hydrogen) atoms. The largest absolute Gasteiger partial charge is 0.354 e. The van der Waals surface area contributed by atoms with E-state index in [0.717, 1.165) is 11.1 Å². The Kier molecular flexibility index (Phi) is 7.55. The summed E-state index contributed by atoms with van der Waals surface area (Å²) in [6, 6.07) is 9.12. The summed E-state index contributed by atoms with van der Waals surface area (Å²) in [4.78, 5) is 15.5. The van der Waals surface area contributed by atoms with E-state index >= 15 is 0 Å². The van der Waals surface area contributed by atoms with E-state index in [1.165, 1.54) is 4.88 Å². The van der Waals surface area contributed by atoms with Crippen LogP contribution in [0.15, 0.2) is 40.6 Å². The summed E-state index contributed by atoms with van der Waals surface area (Å²) in [5.41, 5.74) is 1.95. The average Bonchev–Trinajstić information content (AvgIpc) is 3.11. The van der Waals surface area contributed by atoms with E-state index in [-0.39, 0.29) is 29.8 Å². The van der Waals surface area contributed by atoms with Gasteiger partial charge < -0.3 is 10.2 Å². The molecule has 0 unspecified atom stereocenters. The first-order valence-corrected chi connectivity index (χ1v) is 11.1. The number of nitrogens with zero attached hydrogens (tertiary/aromatic N) is 1. The van der Waals surface area contributed by atoms with Crippen LogP contribution in [0.3, 0.4) is 0 Å². The Bertz CT molecular complexity index is 862. The van der Waals surface area contributed by atoms with Crippen LogP contribution in [0.25, 0.3) is 0 Å². The molecule has 0 bridgehead atoms. The number of benzene rings is 1. The van der Waals surface area contributed by atoms with Crippen molar-refractivity contribution < 1.29 is 13.2 Å². The number of sulfonamides is 1. The average molecular weight is 410 g/mol. The highest BCUT2D eigenvalue weighted by Crippen LogP contribution is 2.22. The first kappa shape index (κ1) is 21.6. The molecule has 0 fully saturated rings. The number of hydrogen-bond donors (Lipinski definition) is 2. The van der Waals surface area contributed by atoms with Crippen molar-refractivity contribution in [1.29, 1.82) is 0 Å². The predicted molar refractivity (Wildman–Crippen MR) is 109 cm³/mol. The lowest BCUT2D eigenvalue weighted by Gasteiger charge is -2.23. The molecule has 0 aliphatic rings. The number of rotatable bonds is 9. The van der Waals surface area contributed by atoms with Crippen LogP contribution in [0.5, 0.6) is 0 Å². The molecule has 1 atom stereocenters. The third-order valence-corrected chi connectivity index (χ3v) is 6.85. The first-order chi connectivity index (χ1) is 12.7. The fourth-order valence-corrected chi connectivity index (χ4v) is 4.62. The lowest BCUT2D eigenvalue weighted by atomic mass is 10.1. The van der Waals surface area contributed by atoms with Crippen molar-refractivity contribution in [1.82, 2.24) is 14.9 Å². The van der Waals surface area contributed by atoms with Gasteiger partial charge in [-0.25, -0.2) is 13.1 Å². The molecule has 2 N–H and O–H groups in total. The van der Waals surface area contributed by atoms with Gasteiger partial charge >= 0.3 is 0 Å². The third kappa shape index (κ3) is 6.14. The van der Waals surface area contributed by atoms with Gasteiger partial charge in [0.15, 0.2) is 0 Å². The molecule has 1 amide bonds. The van der Waals surface area contributed by atoms with Crippen LogP contribution in [-0.2, 0) is 14.8 Å². The van der Waals surface area contributed by atoms with Gasteiger partial charge in [0.2, 0.25) is 15.9 Å². The van der Waals surface area contributed by atoms with Crippen molar-refractivity contribution in [2.75, 3.05) is 27.2 Å². The van der Waals surface area contributed by atoms with Crippen LogP contribution in [-0.4, -0.2) is 46.4 Å². The zero-order valence-corrected chi connectivity index (χ0v) is 17.8. The van der Waals surface area contributed by atoms with Crippen LogP contribution in [0.1, 0.15) is 28.5 Å². The lowest BCUT2D eigenvalue weighted by molar-refractivity contribution is -0.121.